The Morgan fingerprint density at radius 2 is 2.28 bits per heavy atom. The Morgan fingerprint density at radius 1 is 1.44 bits per heavy atom. The molecule has 0 aromatic carbocycles. The fraction of sp³-hybridized carbons (Fsp3) is 0.500. The van der Waals surface area contributed by atoms with Crippen LogP contribution in [0.3, 0.4) is 0 Å². The maximum atomic E-state index is 5.08. The number of hydrogen-bond donors (Lipinski definition) is 1. The molecule has 0 atom stereocenters. The second-order valence-corrected chi connectivity index (χ2v) is 4.81. The number of aromatic nitrogens is 3. The Morgan fingerprint density at radius 3 is 2.94 bits per heavy atom. The second-order valence-electron chi connectivity index (χ2n) is 4.10. The molecule has 18 heavy (non-hydrogen) atoms. The molecule has 0 aliphatic rings. The predicted molar refractivity (Wildman–Crippen MR) is 73.0 cm³/mol. The lowest BCUT2D eigenvalue weighted by Crippen LogP contribution is -2.08. The number of ether oxygens (including phenoxy) is 1. The number of thiazole rings is 1. The normalized spacial score (nSPS) is 10.8. The molecular formula is C12H18N4OS. The van der Waals surface area contributed by atoms with E-state index in [1.54, 1.807) is 18.4 Å². The third-order valence-electron chi connectivity index (χ3n) is 2.82. The summed E-state index contributed by atoms with van der Waals surface area (Å²) in [5.74, 6) is 0. The molecule has 2 aromatic rings. The van der Waals surface area contributed by atoms with Crippen LogP contribution in [0.1, 0.15) is 17.1 Å². The molecular weight excluding hydrogens is 248 g/mol. The number of anilines is 1. The molecule has 98 valence electrons. The monoisotopic (exact) mass is 266 g/mol. The van der Waals surface area contributed by atoms with Crippen LogP contribution in [0, 0.1) is 13.8 Å². The van der Waals surface area contributed by atoms with Crippen molar-refractivity contribution in [1.29, 1.82) is 0 Å². The first kappa shape index (κ1) is 13.0. The first-order valence-electron chi connectivity index (χ1n) is 5.86. The summed E-state index contributed by atoms with van der Waals surface area (Å²) in [6.07, 6.45) is 0. The van der Waals surface area contributed by atoms with E-state index in [1.807, 2.05) is 22.5 Å². The summed E-state index contributed by atoms with van der Waals surface area (Å²) in [4.78, 5) is 4.26. The van der Waals surface area contributed by atoms with Gasteiger partial charge in [0, 0.05) is 12.5 Å². The van der Waals surface area contributed by atoms with E-state index in [0.29, 0.717) is 6.61 Å². The van der Waals surface area contributed by atoms with Gasteiger partial charge in [0.25, 0.3) is 0 Å². The highest BCUT2D eigenvalue weighted by Crippen LogP contribution is 2.20. The molecule has 0 amide bonds. The molecule has 2 heterocycles. The van der Waals surface area contributed by atoms with Gasteiger partial charge in [-0.2, -0.15) is 5.10 Å². The highest BCUT2D eigenvalue weighted by atomic mass is 32.1. The molecule has 0 radical (unpaired) electrons. The number of nitrogens with zero attached hydrogens (tertiary/aromatic N) is 3. The first-order chi connectivity index (χ1) is 8.72. The van der Waals surface area contributed by atoms with E-state index >= 15 is 0 Å². The van der Waals surface area contributed by atoms with Crippen LogP contribution in [0.2, 0.25) is 0 Å². The average molecular weight is 266 g/mol. The lowest BCUT2D eigenvalue weighted by molar-refractivity contribution is 0.182. The SMILES string of the molecule is COCCn1nc(C)c(NCc2cscn2)c1C. The Labute approximate surface area is 111 Å². The minimum Gasteiger partial charge on any atom is -0.383 e. The van der Waals surface area contributed by atoms with Crippen molar-refractivity contribution in [2.45, 2.75) is 26.9 Å². The molecule has 6 heteroatoms. The van der Waals surface area contributed by atoms with E-state index in [9.17, 15) is 0 Å². The van der Waals surface area contributed by atoms with Crippen molar-refractivity contribution < 1.29 is 4.74 Å². The Balaban J connectivity index is 2.05. The van der Waals surface area contributed by atoms with Gasteiger partial charge in [0.05, 0.1) is 48.0 Å². The third kappa shape index (κ3) is 2.88. The van der Waals surface area contributed by atoms with Crippen molar-refractivity contribution in [2.24, 2.45) is 0 Å². The van der Waals surface area contributed by atoms with Crippen molar-refractivity contribution in [3.63, 3.8) is 0 Å². The van der Waals surface area contributed by atoms with Crippen molar-refractivity contribution in [2.75, 3.05) is 19.0 Å². The van der Waals surface area contributed by atoms with Crippen LogP contribution in [-0.4, -0.2) is 28.5 Å². The maximum Gasteiger partial charge on any atom is 0.0828 e. The van der Waals surface area contributed by atoms with Gasteiger partial charge in [-0.15, -0.1) is 11.3 Å². The van der Waals surface area contributed by atoms with Gasteiger partial charge < -0.3 is 10.1 Å². The lowest BCUT2D eigenvalue weighted by atomic mass is 10.3. The molecule has 0 aliphatic heterocycles. The highest BCUT2D eigenvalue weighted by Gasteiger charge is 2.11. The molecule has 2 rings (SSSR count). The molecule has 0 unspecified atom stereocenters. The minimum atomic E-state index is 0.674. The minimum absolute atomic E-state index is 0.674. The van der Waals surface area contributed by atoms with Gasteiger partial charge in [-0.05, 0) is 13.8 Å². The summed E-state index contributed by atoms with van der Waals surface area (Å²) in [5.41, 5.74) is 6.15. The molecule has 0 bridgehead atoms. The van der Waals surface area contributed by atoms with Gasteiger partial charge in [-0.1, -0.05) is 0 Å². The molecule has 0 saturated heterocycles. The summed E-state index contributed by atoms with van der Waals surface area (Å²) < 4.78 is 7.05. The van der Waals surface area contributed by atoms with Gasteiger partial charge in [0.1, 0.15) is 0 Å². The summed E-state index contributed by atoms with van der Waals surface area (Å²) in [5, 5.41) is 9.95. The smallest absolute Gasteiger partial charge is 0.0828 e. The van der Waals surface area contributed by atoms with E-state index in [2.05, 4.69) is 22.3 Å². The Hall–Kier alpha value is -1.40. The molecule has 0 saturated carbocycles. The Bertz CT molecular complexity index is 492. The van der Waals surface area contributed by atoms with Gasteiger partial charge >= 0.3 is 0 Å². The van der Waals surface area contributed by atoms with E-state index in [-0.39, 0.29) is 0 Å². The molecule has 0 spiro atoms. The zero-order chi connectivity index (χ0) is 13.0. The molecule has 2 aromatic heterocycles. The van der Waals surface area contributed by atoms with Gasteiger partial charge in [0.15, 0.2) is 0 Å². The molecule has 0 fully saturated rings. The molecule has 5 nitrogen and oxygen atoms in total. The fourth-order valence-corrected chi connectivity index (χ4v) is 2.41. The maximum absolute atomic E-state index is 5.08. The van der Waals surface area contributed by atoms with E-state index in [0.717, 1.165) is 35.9 Å². The Kier molecular flexibility index (Phi) is 4.33. The number of nitrogens with one attached hydrogen (secondary N) is 1. The average Bonchev–Trinajstić information content (AvgIpc) is 2.95. The van der Waals surface area contributed by atoms with Crippen LogP contribution < -0.4 is 5.32 Å². The van der Waals surface area contributed by atoms with E-state index in [1.165, 1.54) is 0 Å². The van der Waals surface area contributed by atoms with E-state index in [4.69, 9.17) is 4.74 Å². The largest absolute Gasteiger partial charge is 0.383 e. The first-order valence-corrected chi connectivity index (χ1v) is 6.80. The van der Waals surface area contributed by atoms with Crippen molar-refractivity contribution in [1.82, 2.24) is 14.8 Å². The summed E-state index contributed by atoms with van der Waals surface area (Å²) in [6, 6.07) is 0. The van der Waals surface area contributed by atoms with Crippen molar-refractivity contribution in [3.8, 4) is 0 Å². The standard InChI is InChI=1S/C12H18N4OS/c1-9-12(13-6-11-7-18-8-14-11)10(2)16(15-9)4-5-17-3/h7-8,13H,4-6H2,1-3H3. The number of hydrogen-bond acceptors (Lipinski definition) is 5. The van der Waals surface area contributed by atoms with Gasteiger partial charge in [-0.25, -0.2) is 4.98 Å². The van der Waals surface area contributed by atoms with Gasteiger partial charge in [0.2, 0.25) is 0 Å². The van der Waals surface area contributed by atoms with Crippen LogP contribution in [0.5, 0.6) is 0 Å². The van der Waals surface area contributed by atoms with Crippen LogP contribution >= 0.6 is 11.3 Å². The molecule has 0 aliphatic carbocycles. The molecule has 1 N–H and O–H groups in total. The predicted octanol–water partition coefficient (Wildman–Crippen LogP) is 2.21. The summed E-state index contributed by atoms with van der Waals surface area (Å²) in [7, 11) is 1.70. The van der Waals surface area contributed by atoms with E-state index < -0.39 is 0 Å². The second kappa shape index (κ2) is 5.97. The van der Waals surface area contributed by atoms with Crippen LogP contribution in [-0.2, 0) is 17.8 Å². The zero-order valence-corrected chi connectivity index (χ0v) is 11.8. The summed E-state index contributed by atoms with van der Waals surface area (Å²) in [6.45, 7) is 6.27. The summed E-state index contributed by atoms with van der Waals surface area (Å²) >= 11 is 1.61. The third-order valence-corrected chi connectivity index (χ3v) is 3.45. The van der Waals surface area contributed by atoms with Crippen LogP contribution in [0.15, 0.2) is 10.9 Å². The zero-order valence-electron chi connectivity index (χ0n) is 10.9. The van der Waals surface area contributed by atoms with Crippen molar-refractivity contribution in [3.05, 3.63) is 28.0 Å². The fourth-order valence-electron chi connectivity index (χ4n) is 1.85. The number of rotatable bonds is 6. The number of aryl methyl sites for hydroxylation is 1. The van der Waals surface area contributed by atoms with Crippen LogP contribution in [0.4, 0.5) is 5.69 Å². The number of methoxy groups -OCH3 is 1. The van der Waals surface area contributed by atoms with Crippen LogP contribution in [0.25, 0.3) is 0 Å². The van der Waals surface area contributed by atoms with Gasteiger partial charge in [-0.3, -0.25) is 4.68 Å². The lowest BCUT2D eigenvalue weighted by Gasteiger charge is -2.06. The van der Waals surface area contributed by atoms with Crippen molar-refractivity contribution >= 4 is 17.0 Å². The quantitative estimate of drug-likeness (QED) is 0.871. The topological polar surface area (TPSA) is 52.0 Å². The highest BCUT2D eigenvalue weighted by molar-refractivity contribution is 7.07.